The maximum atomic E-state index is 5.77. The van der Waals surface area contributed by atoms with E-state index in [1.165, 1.54) is 25.7 Å². The van der Waals surface area contributed by atoms with Gasteiger partial charge in [0.05, 0.1) is 49.8 Å². The average Bonchev–Trinajstić information content (AvgIpc) is 3.46. The van der Waals surface area contributed by atoms with Crippen molar-refractivity contribution in [2.75, 3.05) is 39.6 Å². The summed E-state index contributed by atoms with van der Waals surface area (Å²) in [6, 6.07) is 0. The predicted molar refractivity (Wildman–Crippen MR) is 93.7 cm³/mol. The molecule has 5 nitrogen and oxygen atoms in total. The van der Waals surface area contributed by atoms with Crippen molar-refractivity contribution in [3.63, 3.8) is 0 Å². The smallest absolute Gasteiger partial charge is 0.0920 e. The van der Waals surface area contributed by atoms with Crippen LogP contribution in [0.1, 0.15) is 52.4 Å². The highest BCUT2D eigenvalue weighted by Crippen LogP contribution is 2.49. The minimum absolute atomic E-state index is 0.211. The Morgan fingerprint density at radius 2 is 1.16 bits per heavy atom. The summed E-state index contributed by atoms with van der Waals surface area (Å²) in [5.74, 6) is 1.33. The maximum absolute atomic E-state index is 5.77. The van der Waals surface area contributed by atoms with Gasteiger partial charge in [-0.15, -0.1) is 0 Å². The fourth-order valence-electron chi connectivity index (χ4n) is 4.58. The van der Waals surface area contributed by atoms with Gasteiger partial charge in [-0.25, -0.2) is 0 Å². The van der Waals surface area contributed by atoms with E-state index in [9.17, 15) is 0 Å². The van der Waals surface area contributed by atoms with Gasteiger partial charge in [-0.05, 0) is 64.2 Å². The number of ether oxygens (including phenoxy) is 5. The molecule has 0 aromatic heterocycles. The van der Waals surface area contributed by atoms with Crippen LogP contribution in [0.15, 0.2) is 0 Å². The molecule has 2 heterocycles. The Labute approximate surface area is 151 Å². The zero-order valence-electron chi connectivity index (χ0n) is 15.8. The summed E-state index contributed by atoms with van der Waals surface area (Å²) in [7, 11) is 0. The first-order chi connectivity index (χ1) is 12.1. The van der Waals surface area contributed by atoms with Gasteiger partial charge >= 0.3 is 0 Å². The molecule has 6 atom stereocenters. The van der Waals surface area contributed by atoms with Gasteiger partial charge in [0, 0.05) is 13.2 Å². The Hall–Kier alpha value is -0.200. The van der Waals surface area contributed by atoms with Gasteiger partial charge < -0.3 is 23.7 Å². The molecule has 25 heavy (non-hydrogen) atoms. The summed E-state index contributed by atoms with van der Waals surface area (Å²) in [5.41, 5.74) is 0.422. The van der Waals surface area contributed by atoms with Crippen molar-refractivity contribution in [3.8, 4) is 0 Å². The lowest BCUT2D eigenvalue weighted by atomic mass is 9.83. The lowest BCUT2D eigenvalue weighted by Gasteiger charge is -2.22. The molecule has 0 bridgehead atoms. The summed E-state index contributed by atoms with van der Waals surface area (Å²) in [6.07, 6.45) is 8.15. The second-order valence-electron chi connectivity index (χ2n) is 8.88. The molecule has 4 fully saturated rings. The normalized spacial score (nSPS) is 44.9. The van der Waals surface area contributed by atoms with Gasteiger partial charge in [0.15, 0.2) is 0 Å². The molecule has 2 saturated heterocycles. The van der Waals surface area contributed by atoms with Crippen LogP contribution in [0.5, 0.6) is 0 Å². The molecule has 6 unspecified atom stereocenters. The summed E-state index contributed by atoms with van der Waals surface area (Å²) in [6.45, 7) is 8.83. The highest BCUT2D eigenvalue weighted by atomic mass is 16.6. The summed E-state index contributed by atoms with van der Waals surface area (Å²) >= 11 is 0. The zero-order chi connectivity index (χ0) is 17.3. The van der Waals surface area contributed by atoms with Crippen LogP contribution in [-0.2, 0) is 23.7 Å². The maximum Gasteiger partial charge on any atom is 0.0920 e. The van der Waals surface area contributed by atoms with Crippen molar-refractivity contribution < 1.29 is 23.7 Å². The molecule has 0 amide bonds. The first-order valence-corrected chi connectivity index (χ1v) is 10.2. The number of hydrogen-bond acceptors (Lipinski definition) is 5. The molecule has 0 aromatic rings. The first kappa shape index (κ1) is 18.2. The lowest BCUT2D eigenvalue weighted by molar-refractivity contribution is -0.00279. The quantitative estimate of drug-likeness (QED) is 0.446. The van der Waals surface area contributed by atoms with Crippen molar-refractivity contribution in [1.29, 1.82) is 0 Å². The molecule has 2 aliphatic heterocycles. The predicted octanol–water partition coefficient (Wildman–Crippen LogP) is 2.95. The van der Waals surface area contributed by atoms with Crippen LogP contribution in [0, 0.1) is 11.8 Å². The van der Waals surface area contributed by atoms with Crippen LogP contribution in [0.3, 0.4) is 0 Å². The second-order valence-corrected chi connectivity index (χ2v) is 8.88. The topological polar surface area (TPSA) is 52.8 Å². The zero-order valence-corrected chi connectivity index (χ0v) is 15.8. The molecule has 2 aliphatic carbocycles. The second kappa shape index (κ2) is 7.43. The van der Waals surface area contributed by atoms with Crippen molar-refractivity contribution >= 4 is 0 Å². The monoisotopic (exact) mass is 354 g/mol. The van der Waals surface area contributed by atoms with Crippen molar-refractivity contribution in [2.24, 2.45) is 11.8 Å². The van der Waals surface area contributed by atoms with Gasteiger partial charge in [0.2, 0.25) is 0 Å². The Bertz CT molecular complexity index is 417. The van der Waals surface area contributed by atoms with Crippen LogP contribution < -0.4 is 0 Å². The third kappa shape index (κ3) is 4.56. The minimum Gasteiger partial charge on any atom is -0.379 e. The molecule has 4 aliphatic rings. The van der Waals surface area contributed by atoms with E-state index in [0.717, 1.165) is 26.1 Å². The molecule has 0 spiro atoms. The summed E-state index contributed by atoms with van der Waals surface area (Å²) in [4.78, 5) is 0. The SMILES string of the molecule is CC12CCC(COCCOCCOCC3CCC4(C)OC4C3)CC1O2. The van der Waals surface area contributed by atoms with Gasteiger partial charge in [0.1, 0.15) is 0 Å². The Balaban J connectivity index is 0.939. The molecule has 144 valence electrons. The lowest BCUT2D eigenvalue weighted by Crippen LogP contribution is -2.25. The number of hydrogen-bond donors (Lipinski definition) is 0. The van der Waals surface area contributed by atoms with Crippen LogP contribution in [0.4, 0.5) is 0 Å². The third-order valence-corrected chi connectivity index (χ3v) is 6.71. The van der Waals surface area contributed by atoms with Crippen LogP contribution >= 0.6 is 0 Å². The fourth-order valence-corrected chi connectivity index (χ4v) is 4.58. The highest BCUT2D eigenvalue weighted by Gasteiger charge is 2.55. The number of fused-ring (bicyclic) bond motifs is 2. The molecule has 0 N–H and O–H groups in total. The summed E-state index contributed by atoms with van der Waals surface area (Å²) < 4.78 is 28.6. The van der Waals surface area contributed by atoms with E-state index in [-0.39, 0.29) is 11.2 Å². The van der Waals surface area contributed by atoms with E-state index in [1.54, 1.807) is 0 Å². The number of epoxide rings is 2. The van der Waals surface area contributed by atoms with Crippen molar-refractivity contribution in [1.82, 2.24) is 0 Å². The van der Waals surface area contributed by atoms with Gasteiger partial charge in [-0.2, -0.15) is 0 Å². The minimum atomic E-state index is 0.211. The first-order valence-electron chi connectivity index (χ1n) is 10.2. The van der Waals surface area contributed by atoms with E-state index in [4.69, 9.17) is 23.7 Å². The number of rotatable bonds is 10. The van der Waals surface area contributed by atoms with E-state index < -0.39 is 0 Å². The Morgan fingerprint density at radius 3 is 1.60 bits per heavy atom. The Kier molecular flexibility index (Phi) is 5.40. The van der Waals surface area contributed by atoms with Gasteiger partial charge in [-0.1, -0.05) is 0 Å². The molecule has 2 saturated carbocycles. The van der Waals surface area contributed by atoms with E-state index >= 15 is 0 Å². The van der Waals surface area contributed by atoms with E-state index in [0.29, 0.717) is 50.5 Å². The van der Waals surface area contributed by atoms with Gasteiger partial charge in [0.25, 0.3) is 0 Å². The standard InChI is InChI=1S/C20H34O5/c1-19-5-3-15(11-17(19)24-19)13-22-9-7-21-8-10-23-14-16-4-6-20(2)18(12-16)25-20/h15-18H,3-14H2,1-2H3. The average molecular weight is 354 g/mol. The molecule has 4 rings (SSSR count). The Morgan fingerprint density at radius 1 is 0.720 bits per heavy atom. The summed E-state index contributed by atoms with van der Waals surface area (Å²) in [5, 5.41) is 0. The molecule has 5 heteroatoms. The molecular formula is C20H34O5. The largest absolute Gasteiger partial charge is 0.379 e. The molecule has 0 radical (unpaired) electrons. The van der Waals surface area contributed by atoms with Crippen LogP contribution in [-0.4, -0.2) is 63.1 Å². The van der Waals surface area contributed by atoms with Crippen LogP contribution in [0.25, 0.3) is 0 Å². The highest BCUT2D eigenvalue weighted by molar-refractivity contribution is 5.04. The van der Waals surface area contributed by atoms with Crippen LogP contribution in [0.2, 0.25) is 0 Å². The molecule has 0 aromatic carbocycles. The molecular weight excluding hydrogens is 320 g/mol. The fraction of sp³-hybridized carbons (Fsp3) is 1.00. The van der Waals surface area contributed by atoms with E-state index in [2.05, 4.69) is 13.8 Å². The van der Waals surface area contributed by atoms with Crippen molar-refractivity contribution in [2.45, 2.75) is 75.8 Å². The third-order valence-electron chi connectivity index (χ3n) is 6.71. The van der Waals surface area contributed by atoms with Crippen molar-refractivity contribution in [3.05, 3.63) is 0 Å². The van der Waals surface area contributed by atoms with E-state index in [1.807, 2.05) is 0 Å². The van der Waals surface area contributed by atoms with Gasteiger partial charge in [-0.3, -0.25) is 0 Å².